The van der Waals surface area contributed by atoms with Crippen LogP contribution in [0.25, 0.3) is 0 Å². The van der Waals surface area contributed by atoms with Gasteiger partial charge in [-0.15, -0.1) is 0 Å². The van der Waals surface area contributed by atoms with Crippen molar-refractivity contribution in [3.8, 4) is 0 Å². The fourth-order valence-electron chi connectivity index (χ4n) is 1.65. The van der Waals surface area contributed by atoms with Crippen LogP contribution in [0.1, 0.15) is 12.5 Å². The van der Waals surface area contributed by atoms with E-state index in [4.69, 9.17) is 23.2 Å². The van der Waals surface area contributed by atoms with Gasteiger partial charge in [0.1, 0.15) is 0 Å². The minimum absolute atomic E-state index is 0.0347. The van der Waals surface area contributed by atoms with Crippen LogP contribution >= 0.6 is 23.2 Å². The summed E-state index contributed by atoms with van der Waals surface area (Å²) in [6.45, 7) is 3.09. The maximum absolute atomic E-state index is 11.7. The molecule has 1 aromatic rings. The number of hydrogen-bond acceptors (Lipinski definition) is 2. The number of hydrogen-bond donors (Lipinski definition) is 2. The van der Waals surface area contributed by atoms with Gasteiger partial charge in [0.05, 0.1) is 0 Å². The lowest BCUT2D eigenvalue weighted by Gasteiger charge is -2.12. The average molecular weight is 289 g/mol. The van der Waals surface area contributed by atoms with E-state index in [1.165, 1.54) is 0 Å². The highest BCUT2D eigenvalue weighted by Gasteiger charge is 2.11. The van der Waals surface area contributed by atoms with E-state index >= 15 is 0 Å². The highest BCUT2D eigenvalue weighted by atomic mass is 35.5. The van der Waals surface area contributed by atoms with Crippen molar-refractivity contribution in [2.24, 2.45) is 5.92 Å². The summed E-state index contributed by atoms with van der Waals surface area (Å²) >= 11 is 12.1. The third kappa shape index (κ3) is 4.48. The normalized spacial score (nSPS) is 12.2. The van der Waals surface area contributed by atoms with Crippen molar-refractivity contribution in [3.05, 3.63) is 33.8 Å². The molecule has 1 amide bonds. The highest BCUT2D eigenvalue weighted by molar-refractivity contribution is 6.35. The molecular weight excluding hydrogens is 271 g/mol. The van der Waals surface area contributed by atoms with Crippen LogP contribution in [0.2, 0.25) is 10.0 Å². The molecule has 3 nitrogen and oxygen atoms in total. The molecule has 0 saturated carbocycles. The molecule has 0 radical (unpaired) electrons. The summed E-state index contributed by atoms with van der Waals surface area (Å²) < 4.78 is 0. The zero-order valence-corrected chi connectivity index (χ0v) is 12.1. The molecule has 2 N–H and O–H groups in total. The monoisotopic (exact) mass is 288 g/mol. The number of carbonyl (C=O) groups excluding carboxylic acids is 1. The van der Waals surface area contributed by atoms with Gasteiger partial charge in [0.2, 0.25) is 5.91 Å². The third-order valence-electron chi connectivity index (χ3n) is 2.69. The lowest BCUT2D eigenvalue weighted by atomic mass is 10.1. The minimum atomic E-state index is -0.0447. The molecule has 1 aromatic carbocycles. The lowest BCUT2D eigenvalue weighted by molar-refractivity contribution is -0.124. The number of amides is 1. The Bertz CT molecular complexity index is 390. The van der Waals surface area contributed by atoms with Gasteiger partial charge in [-0.3, -0.25) is 4.79 Å². The van der Waals surface area contributed by atoms with Gasteiger partial charge >= 0.3 is 0 Å². The molecule has 1 rings (SSSR count). The molecule has 0 aliphatic rings. The van der Waals surface area contributed by atoms with Crippen LogP contribution < -0.4 is 10.6 Å². The van der Waals surface area contributed by atoms with Crippen LogP contribution in [-0.4, -0.2) is 26.0 Å². The lowest BCUT2D eigenvalue weighted by Crippen LogP contribution is -2.35. The summed E-state index contributed by atoms with van der Waals surface area (Å²) in [5.41, 5.74) is 0.877. The van der Waals surface area contributed by atoms with Gasteiger partial charge < -0.3 is 10.6 Å². The smallest absolute Gasteiger partial charge is 0.224 e. The van der Waals surface area contributed by atoms with E-state index in [0.717, 1.165) is 5.56 Å². The van der Waals surface area contributed by atoms with Gasteiger partial charge in [-0.05, 0) is 31.2 Å². The first-order valence-electron chi connectivity index (χ1n) is 5.91. The molecule has 0 spiro atoms. The summed E-state index contributed by atoms with van der Waals surface area (Å²) in [5, 5.41) is 7.12. The summed E-state index contributed by atoms with van der Waals surface area (Å²) in [4.78, 5) is 11.7. The van der Waals surface area contributed by atoms with E-state index in [1.807, 2.05) is 20.0 Å². The fraction of sp³-hybridized carbons (Fsp3) is 0.462. The molecule has 18 heavy (non-hydrogen) atoms. The Morgan fingerprint density at radius 2 is 1.94 bits per heavy atom. The fourth-order valence-corrected chi connectivity index (χ4v) is 2.24. The predicted octanol–water partition coefficient (Wildman–Crippen LogP) is 2.51. The van der Waals surface area contributed by atoms with Crippen molar-refractivity contribution < 1.29 is 4.79 Å². The van der Waals surface area contributed by atoms with Crippen LogP contribution in [-0.2, 0) is 11.2 Å². The zero-order chi connectivity index (χ0) is 13.5. The Hall–Kier alpha value is -0.770. The SMILES string of the molecule is CNCC(C)C(=O)NCCc1c(Cl)cccc1Cl. The van der Waals surface area contributed by atoms with Crippen molar-refractivity contribution in [1.29, 1.82) is 0 Å². The van der Waals surface area contributed by atoms with Gasteiger partial charge in [-0.1, -0.05) is 36.2 Å². The summed E-state index contributed by atoms with van der Waals surface area (Å²) in [6, 6.07) is 5.41. The van der Waals surface area contributed by atoms with Crippen molar-refractivity contribution >= 4 is 29.1 Å². The number of benzene rings is 1. The molecular formula is C13H18Cl2N2O. The Kier molecular flexibility index (Phi) is 6.47. The molecule has 0 aliphatic carbocycles. The van der Waals surface area contributed by atoms with Crippen molar-refractivity contribution in [2.75, 3.05) is 20.1 Å². The van der Waals surface area contributed by atoms with E-state index in [1.54, 1.807) is 12.1 Å². The summed E-state index contributed by atoms with van der Waals surface area (Å²) in [5.74, 6) is -0.00996. The zero-order valence-electron chi connectivity index (χ0n) is 10.6. The Balaban J connectivity index is 2.44. The molecule has 0 fully saturated rings. The molecule has 100 valence electrons. The van der Waals surface area contributed by atoms with Crippen LogP contribution in [0.4, 0.5) is 0 Å². The summed E-state index contributed by atoms with van der Waals surface area (Å²) in [6.07, 6.45) is 0.635. The van der Waals surface area contributed by atoms with Crippen LogP contribution in [0.5, 0.6) is 0 Å². The first-order valence-corrected chi connectivity index (χ1v) is 6.67. The van der Waals surface area contributed by atoms with Crippen LogP contribution in [0.15, 0.2) is 18.2 Å². The summed E-state index contributed by atoms with van der Waals surface area (Å²) in [7, 11) is 1.83. The van der Waals surface area contributed by atoms with E-state index < -0.39 is 0 Å². The molecule has 1 atom stereocenters. The first kappa shape index (κ1) is 15.3. The average Bonchev–Trinajstić information content (AvgIpc) is 2.33. The van der Waals surface area contributed by atoms with E-state index in [9.17, 15) is 4.79 Å². The first-order chi connectivity index (χ1) is 8.56. The van der Waals surface area contributed by atoms with E-state index in [2.05, 4.69) is 10.6 Å². The van der Waals surface area contributed by atoms with Crippen molar-refractivity contribution in [2.45, 2.75) is 13.3 Å². The number of halogens is 2. The second-order valence-corrected chi connectivity index (χ2v) is 5.01. The number of rotatable bonds is 6. The van der Waals surface area contributed by atoms with Crippen LogP contribution in [0, 0.1) is 5.92 Å². The molecule has 0 aromatic heterocycles. The topological polar surface area (TPSA) is 41.1 Å². The molecule has 0 aliphatic heterocycles. The number of nitrogens with one attached hydrogen (secondary N) is 2. The van der Waals surface area contributed by atoms with Crippen molar-refractivity contribution in [1.82, 2.24) is 10.6 Å². The molecule has 0 saturated heterocycles. The van der Waals surface area contributed by atoms with Crippen LogP contribution in [0.3, 0.4) is 0 Å². The standard InChI is InChI=1S/C13H18Cl2N2O/c1-9(8-16-2)13(18)17-7-6-10-11(14)4-3-5-12(10)15/h3-5,9,16H,6-8H2,1-2H3,(H,17,18). The highest BCUT2D eigenvalue weighted by Crippen LogP contribution is 2.24. The quantitative estimate of drug-likeness (QED) is 0.845. The molecule has 1 unspecified atom stereocenters. The minimum Gasteiger partial charge on any atom is -0.355 e. The molecule has 5 heteroatoms. The second-order valence-electron chi connectivity index (χ2n) is 4.20. The molecule has 0 heterocycles. The number of carbonyl (C=O) groups is 1. The van der Waals surface area contributed by atoms with E-state index in [-0.39, 0.29) is 11.8 Å². The Morgan fingerprint density at radius 1 is 1.33 bits per heavy atom. The van der Waals surface area contributed by atoms with Crippen molar-refractivity contribution in [3.63, 3.8) is 0 Å². The molecule has 0 bridgehead atoms. The second kappa shape index (κ2) is 7.62. The van der Waals surface area contributed by atoms with Gasteiger partial charge in [-0.25, -0.2) is 0 Å². The predicted molar refractivity (Wildman–Crippen MR) is 76.3 cm³/mol. The van der Waals surface area contributed by atoms with Gasteiger partial charge in [0.15, 0.2) is 0 Å². The Morgan fingerprint density at radius 3 is 2.50 bits per heavy atom. The van der Waals surface area contributed by atoms with Gasteiger partial charge in [-0.2, -0.15) is 0 Å². The third-order valence-corrected chi connectivity index (χ3v) is 3.40. The van der Waals surface area contributed by atoms with E-state index in [0.29, 0.717) is 29.6 Å². The Labute approximate surface area is 118 Å². The van der Waals surface area contributed by atoms with Gasteiger partial charge in [0, 0.05) is 29.1 Å². The van der Waals surface area contributed by atoms with Gasteiger partial charge in [0.25, 0.3) is 0 Å². The maximum Gasteiger partial charge on any atom is 0.224 e. The maximum atomic E-state index is 11.7. The largest absolute Gasteiger partial charge is 0.355 e.